The minimum atomic E-state index is -3.79. The van der Waals surface area contributed by atoms with Crippen LogP contribution in [0.15, 0.2) is 100 Å². The molecule has 6 nitrogen and oxygen atoms in total. The molecule has 2 N–H and O–H groups in total. The smallest absolute Gasteiger partial charge is 0.263 e. The van der Waals surface area contributed by atoms with Crippen LogP contribution < -0.4 is 4.72 Å². The van der Waals surface area contributed by atoms with E-state index < -0.39 is 22.3 Å². The molecule has 0 fully saturated rings. The van der Waals surface area contributed by atoms with Gasteiger partial charge in [-0.15, -0.1) is 11.3 Å². The summed E-state index contributed by atoms with van der Waals surface area (Å²) in [6.07, 6.45) is 8.16. The van der Waals surface area contributed by atoms with Crippen molar-refractivity contribution < 1.29 is 22.3 Å². The van der Waals surface area contributed by atoms with Crippen molar-refractivity contribution >= 4 is 32.1 Å². The normalized spacial score (nSPS) is 16.6. The predicted molar refractivity (Wildman–Crippen MR) is 134 cm³/mol. The second kappa shape index (κ2) is 9.61. The van der Waals surface area contributed by atoms with Gasteiger partial charge in [0.05, 0.1) is 17.4 Å². The molecular formula is C26H21FN2O4S2. The fourth-order valence-corrected chi connectivity index (χ4v) is 5.70. The zero-order valence-corrected chi connectivity index (χ0v) is 20.0. The van der Waals surface area contributed by atoms with E-state index in [-0.39, 0.29) is 10.0 Å². The number of aliphatic hydroxyl groups excluding tert-OH is 1. The van der Waals surface area contributed by atoms with Crippen LogP contribution in [0.25, 0.3) is 16.7 Å². The molecule has 5 rings (SSSR count). The van der Waals surface area contributed by atoms with E-state index in [4.69, 9.17) is 4.42 Å². The molecule has 0 spiro atoms. The number of rotatable bonds is 7. The van der Waals surface area contributed by atoms with Gasteiger partial charge in [0.25, 0.3) is 10.0 Å². The van der Waals surface area contributed by atoms with Gasteiger partial charge in [0.15, 0.2) is 5.13 Å². The lowest BCUT2D eigenvalue weighted by atomic mass is 9.89. The van der Waals surface area contributed by atoms with Crippen molar-refractivity contribution in [3.05, 3.63) is 108 Å². The van der Waals surface area contributed by atoms with Gasteiger partial charge >= 0.3 is 0 Å². The fraction of sp³-hybridized carbons (Fsp3) is 0.115. The molecule has 9 heteroatoms. The Morgan fingerprint density at radius 2 is 1.97 bits per heavy atom. The molecule has 1 aliphatic carbocycles. The molecule has 0 bridgehead atoms. The number of anilines is 1. The first-order chi connectivity index (χ1) is 16.9. The van der Waals surface area contributed by atoms with Gasteiger partial charge in [0.2, 0.25) is 0 Å². The molecule has 0 radical (unpaired) electrons. The lowest BCUT2D eigenvalue weighted by Gasteiger charge is -2.18. The highest BCUT2D eigenvalue weighted by atomic mass is 32.2. The summed E-state index contributed by atoms with van der Waals surface area (Å²) >= 11 is 1.19. The van der Waals surface area contributed by atoms with E-state index >= 15 is 0 Å². The van der Waals surface area contributed by atoms with E-state index in [1.165, 1.54) is 35.7 Å². The van der Waals surface area contributed by atoms with Gasteiger partial charge in [-0.05, 0) is 58.2 Å². The third-order valence-corrected chi connectivity index (χ3v) is 7.89. The highest BCUT2D eigenvalue weighted by Gasteiger charge is 2.20. The first-order valence-electron chi connectivity index (χ1n) is 10.8. The van der Waals surface area contributed by atoms with Crippen molar-refractivity contribution in [1.29, 1.82) is 0 Å². The number of halogens is 1. The lowest BCUT2D eigenvalue weighted by molar-refractivity contribution is 0.221. The monoisotopic (exact) mass is 508 g/mol. The van der Waals surface area contributed by atoms with Crippen LogP contribution >= 0.6 is 11.3 Å². The molecule has 1 aliphatic rings. The summed E-state index contributed by atoms with van der Waals surface area (Å²) < 4.78 is 46.4. The largest absolute Gasteiger partial charge is 0.472 e. The van der Waals surface area contributed by atoms with Gasteiger partial charge in [0.1, 0.15) is 12.3 Å². The summed E-state index contributed by atoms with van der Waals surface area (Å²) in [5.41, 5.74) is 4.53. The zero-order chi connectivity index (χ0) is 24.4. The van der Waals surface area contributed by atoms with Crippen LogP contribution in [0, 0.1) is 0 Å². The van der Waals surface area contributed by atoms with Gasteiger partial charge in [-0.25, -0.2) is 17.8 Å². The van der Waals surface area contributed by atoms with Crippen LogP contribution in [0.1, 0.15) is 29.2 Å². The van der Waals surface area contributed by atoms with Gasteiger partial charge in [-0.1, -0.05) is 36.4 Å². The molecule has 0 saturated carbocycles. The number of furan rings is 1. The number of aromatic nitrogens is 1. The third kappa shape index (κ3) is 4.97. The summed E-state index contributed by atoms with van der Waals surface area (Å²) in [6.45, 7) is 0. The molecular weight excluding hydrogens is 487 g/mol. The van der Waals surface area contributed by atoms with Crippen molar-refractivity contribution in [1.82, 2.24) is 4.98 Å². The maximum absolute atomic E-state index is 13.5. The van der Waals surface area contributed by atoms with Crippen LogP contribution in [0.3, 0.4) is 0 Å². The second-order valence-electron chi connectivity index (χ2n) is 8.00. The Kier molecular flexibility index (Phi) is 6.38. The Morgan fingerprint density at radius 1 is 1.14 bits per heavy atom. The van der Waals surface area contributed by atoms with Crippen molar-refractivity contribution in [2.24, 2.45) is 0 Å². The molecule has 2 aromatic heterocycles. The summed E-state index contributed by atoms with van der Waals surface area (Å²) in [7, 11) is -3.79. The first-order valence-corrected chi connectivity index (χ1v) is 13.2. The minimum absolute atomic E-state index is 0.0660. The third-order valence-electron chi connectivity index (χ3n) is 5.72. The number of alkyl halides is 1. The molecule has 35 heavy (non-hydrogen) atoms. The Labute approximate surface area is 206 Å². The molecule has 0 aliphatic heterocycles. The minimum Gasteiger partial charge on any atom is -0.472 e. The first kappa shape index (κ1) is 23.2. The number of nitrogens with zero attached hydrogens (tertiary/aromatic N) is 1. The van der Waals surface area contributed by atoms with Crippen LogP contribution in [-0.4, -0.2) is 24.7 Å². The van der Waals surface area contributed by atoms with Gasteiger partial charge in [-0.2, -0.15) is 0 Å². The van der Waals surface area contributed by atoms with Crippen molar-refractivity contribution in [2.75, 3.05) is 4.72 Å². The van der Waals surface area contributed by atoms with Crippen LogP contribution in [-0.2, 0) is 10.0 Å². The Morgan fingerprint density at radius 3 is 2.63 bits per heavy atom. The molecule has 2 unspecified atom stereocenters. The SMILES string of the molecule is O=S(=O)(Nc1nccs1)c1ccc(C(O)c2ccc(C3=CCC(F)C=C3)cc2-c2ccoc2)cc1. The number of benzene rings is 2. The number of hydrogen-bond donors (Lipinski definition) is 2. The number of aliphatic hydroxyl groups is 1. The molecule has 2 heterocycles. The molecule has 2 atom stereocenters. The molecule has 4 aromatic rings. The van der Waals surface area contributed by atoms with Crippen molar-refractivity contribution in [3.63, 3.8) is 0 Å². The number of nitrogens with one attached hydrogen (secondary N) is 1. The van der Waals surface area contributed by atoms with Gasteiger partial charge in [-0.3, -0.25) is 4.72 Å². The number of hydrogen-bond acceptors (Lipinski definition) is 6. The summed E-state index contributed by atoms with van der Waals surface area (Å²) in [5.74, 6) is 0. The molecule has 0 saturated heterocycles. The summed E-state index contributed by atoms with van der Waals surface area (Å²) in [6, 6.07) is 13.5. The fourth-order valence-electron chi connectivity index (χ4n) is 3.91. The van der Waals surface area contributed by atoms with Crippen LogP contribution in [0.5, 0.6) is 0 Å². The quantitative estimate of drug-likeness (QED) is 0.321. The second-order valence-corrected chi connectivity index (χ2v) is 10.6. The maximum Gasteiger partial charge on any atom is 0.263 e. The molecule has 178 valence electrons. The highest BCUT2D eigenvalue weighted by molar-refractivity contribution is 7.93. The molecule has 2 aromatic carbocycles. The van der Waals surface area contributed by atoms with Crippen LogP contribution in [0.2, 0.25) is 0 Å². The van der Waals surface area contributed by atoms with E-state index in [1.54, 1.807) is 42.2 Å². The van der Waals surface area contributed by atoms with E-state index in [0.717, 1.165) is 22.3 Å². The summed E-state index contributed by atoms with van der Waals surface area (Å²) in [4.78, 5) is 4.01. The zero-order valence-electron chi connectivity index (χ0n) is 18.3. The van der Waals surface area contributed by atoms with E-state index in [1.807, 2.05) is 24.3 Å². The van der Waals surface area contributed by atoms with Crippen LogP contribution in [0.4, 0.5) is 9.52 Å². The van der Waals surface area contributed by atoms with Gasteiger partial charge in [0, 0.05) is 23.6 Å². The molecule has 0 amide bonds. The average molecular weight is 509 g/mol. The maximum atomic E-state index is 13.5. The van der Waals surface area contributed by atoms with Crippen molar-refractivity contribution in [3.8, 4) is 11.1 Å². The van der Waals surface area contributed by atoms with E-state index in [9.17, 15) is 17.9 Å². The Bertz CT molecular complexity index is 1480. The number of allylic oxidation sites excluding steroid dienone is 4. The average Bonchev–Trinajstić information content (AvgIpc) is 3.58. The topological polar surface area (TPSA) is 92.4 Å². The number of sulfonamides is 1. The number of thiazole rings is 1. The summed E-state index contributed by atoms with van der Waals surface area (Å²) in [5, 5.41) is 13.2. The highest BCUT2D eigenvalue weighted by Crippen LogP contribution is 2.36. The van der Waals surface area contributed by atoms with Gasteiger partial charge < -0.3 is 9.52 Å². The Hall–Kier alpha value is -3.53. The Balaban J connectivity index is 1.46. The van der Waals surface area contributed by atoms with E-state index in [0.29, 0.717) is 17.5 Å². The van der Waals surface area contributed by atoms with Crippen molar-refractivity contribution in [2.45, 2.75) is 23.6 Å². The van der Waals surface area contributed by atoms with E-state index in [2.05, 4.69) is 9.71 Å². The standard InChI is InChI=1S/C26H21FN2O4S2/c27-21-6-1-17(2-7-21)19-5-10-23(24(15-19)20-11-13-33-16-20)25(30)18-3-8-22(9-4-18)35(31,32)29-26-28-12-14-34-26/h1-6,8-16,21,25,30H,7H2,(H,28,29). The lowest BCUT2D eigenvalue weighted by Crippen LogP contribution is -2.13. The predicted octanol–water partition coefficient (Wildman–Crippen LogP) is 5.97.